The van der Waals surface area contributed by atoms with Gasteiger partial charge in [-0.25, -0.2) is 0 Å². The van der Waals surface area contributed by atoms with Gasteiger partial charge in [-0.1, -0.05) is 44.5 Å². The highest BCUT2D eigenvalue weighted by molar-refractivity contribution is 7.10. The van der Waals surface area contributed by atoms with Crippen LogP contribution in [0, 0.1) is 6.92 Å². The fourth-order valence-corrected chi connectivity index (χ4v) is 4.16. The minimum Gasteiger partial charge on any atom is -0.483 e. The summed E-state index contributed by atoms with van der Waals surface area (Å²) in [5, 5.41) is 1.98. The van der Waals surface area contributed by atoms with E-state index in [9.17, 15) is 9.59 Å². The van der Waals surface area contributed by atoms with Crippen molar-refractivity contribution in [3.8, 4) is 5.75 Å². The average molecular weight is 415 g/mol. The van der Waals surface area contributed by atoms with Crippen molar-refractivity contribution >= 4 is 23.2 Å². The molecule has 2 amide bonds. The van der Waals surface area contributed by atoms with Crippen LogP contribution in [-0.2, 0) is 21.4 Å². The Labute approximate surface area is 177 Å². The second-order valence-corrected chi connectivity index (χ2v) is 9.59. The van der Waals surface area contributed by atoms with Gasteiger partial charge in [0.15, 0.2) is 6.61 Å². The zero-order chi connectivity index (χ0) is 21.0. The highest BCUT2D eigenvalue weighted by Crippen LogP contribution is 2.32. The second kappa shape index (κ2) is 8.99. The molecule has 1 saturated heterocycles. The lowest BCUT2D eigenvalue weighted by molar-refractivity contribution is -0.140. The molecule has 0 radical (unpaired) electrons. The number of hydrogen-bond donors (Lipinski definition) is 0. The van der Waals surface area contributed by atoms with Crippen LogP contribution in [0.1, 0.15) is 36.8 Å². The largest absolute Gasteiger partial charge is 0.483 e. The molecule has 3 rings (SSSR count). The Kier molecular flexibility index (Phi) is 6.63. The predicted octanol–water partition coefficient (Wildman–Crippen LogP) is 3.65. The lowest BCUT2D eigenvalue weighted by Gasteiger charge is -2.35. The van der Waals surface area contributed by atoms with Gasteiger partial charge in [-0.2, -0.15) is 0 Å². The number of carbonyl (C=O) groups is 2. The Morgan fingerprint density at radius 2 is 1.69 bits per heavy atom. The molecule has 0 unspecified atom stereocenters. The maximum absolute atomic E-state index is 12.6. The van der Waals surface area contributed by atoms with E-state index in [-0.39, 0.29) is 23.8 Å². The van der Waals surface area contributed by atoms with Crippen molar-refractivity contribution in [1.29, 1.82) is 0 Å². The Balaban J connectivity index is 1.51. The fraction of sp³-hybridized carbons (Fsp3) is 0.478. The molecule has 1 fully saturated rings. The summed E-state index contributed by atoms with van der Waals surface area (Å²) in [5.74, 6) is 0.863. The highest BCUT2D eigenvalue weighted by Gasteiger charge is 2.25. The van der Waals surface area contributed by atoms with Gasteiger partial charge in [0.25, 0.3) is 5.91 Å². The first-order valence-corrected chi connectivity index (χ1v) is 10.9. The first kappa shape index (κ1) is 21.4. The summed E-state index contributed by atoms with van der Waals surface area (Å²) >= 11 is 1.60. The zero-order valence-corrected chi connectivity index (χ0v) is 18.6. The summed E-state index contributed by atoms with van der Waals surface area (Å²) in [6.45, 7) is 10.8. The summed E-state index contributed by atoms with van der Waals surface area (Å²) in [5.41, 5.74) is 2.23. The molecule has 0 bridgehead atoms. The van der Waals surface area contributed by atoms with Crippen LogP contribution in [0.5, 0.6) is 5.75 Å². The molecular weight excluding hydrogens is 384 g/mol. The van der Waals surface area contributed by atoms with E-state index in [4.69, 9.17) is 4.74 Å². The van der Waals surface area contributed by atoms with E-state index in [1.807, 2.05) is 34.5 Å². The number of carbonyl (C=O) groups excluding carboxylic acids is 2. The SMILES string of the molecule is Cc1ccc(OCC(=O)N2CCN(C(=O)Cc3cccs3)CC2)c(C(C)(C)C)c1. The van der Waals surface area contributed by atoms with Gasteiger partial charge in [0.05, 0.1) is 6.42 Å². The molecule has 2 aromatic rings. The van der Waals surface area contributed by atoms with Crippen LogP contribution >= 0.6 is 11.3 Å². The van der Waals surface area contributed by atoms with Gasteiger partial charge in [0, 0.05) is 31.1 Å². The molecule has 5 nitrogen and oxygen atoms in total. The smallest absolute Gasteiger partial charge is 0.260 e. The lowest BCUT2D eigenvalue weighted by atomic mass is 9.85. The Morgan fingerprint density at radius 3 is 2.28 bits per heavy atom. The summed E-state index contributed by atoms with van der Waals surface area (Å²) < 4.78 is 5.91. The number of rotatable bonds is 5. The predicted molar refractivity (Wildman–Crippen MR) is 117 cm³/mol. The molecule has 0 saturated carbocycles. The molecule has 156 valence electrons. The number of nitrogens with zero attached hydrogens (tertiary/aromatic N) is 2. The van der Waals surface area contributed by atoms with E-state index < -0.39 is 0 Å². The molecule has 6 heteroatoms. The van der Waals surface area contributed by atoms with E-state index in [0.717, 1.165) is 16.2 Å². The number of benzene rings is 1. The van der Waals surface area contributed by atoms with Crippen LogP contribution in [0.4, 0.5) is 0 Å². The quantitative estimate of drug-likeness (QED) is 0.750. The van der Waals surface area contributed by atoms with Crippen LogP contribution in [0.15, 0.2) is 35.7 Å². The highest BCUT2D eigenvalue weighted by atomic mass is 32.1. The minimum atomic E-state index is -0.0566. The normalized spacial score (nSPS) is 14.8. The maximum Gasteiger partial charge on any atom is 0.260 e. The molecule has 0 N–H and O–H groups in total. The summed E-state index contributed by atoms with van der Waals surface area (Å²) in [6.07, 6.45) is 0.442. The third-order valence-corrected chi connectivity index (χ3v) is 6.06. The van der Waals surface area contributed by atoms with Gasteiger partial charge in [0.2, 0.25) is 5.91 Å². The van der Waals surface area contributed by atoms with Gasteiger partial charge in [-0.05, 0) is 35.4 Å². The monoisotopic (exact) mass is 414 g/mol. The van der Waals surface area contributed by atoms with Crippen molar-refractivity contribution in [3.63, 3.8) is 0 Å². The van der Waals surface area contributed by atoms with Crippen molar-refractivity contribution in [2.75, 3.05) is 32.8 Å². The van der Waals surface area contributed by atoms with Gasteiger partial charge < -0.3 is 14.5 Å². The van der Waals surface area contributed by atoms with Gasteiger partial charge in [-0.3, -0.25) is 9.59 Å². The number of thiophene rings is 1. The topological polar surface area (TPSA) is 49.9 Å². The third-order valence-electron chi connectivity index (χ3n) is 5.18. The maximum atomic E-state index is 12.6. The standard InChI is InChI=1S/C23H30N2O3S/c1-17-7-8-20(19(14-17)23(2,3)4)28-16-22(27)25-11-9-24(10-12-25)21(26)15-18-6-5-13-29-18/h5-8,13-14H,9-12,15-16H2,1-4H3. The van der Waals surface area contributed by atoms with Crippen molar-refractivity contribution < 1.29 is 14.3 Å². The summed E-state index contributed by atoms with van der Waals surface area (Å²) in [6, 6.07) is 10.0. The Morgan fingerprint density at radius 1 is 1.03 bits per heavy atom. The van der Waals surface area contributed by atoms with Crippen LogP contribution in [-0.4, -0.2) is 54.4 Å². The second-order valence-electron chi connectivity index (χ2n) is 8.56. The Bertz CT molecular complexity index is 848. The number of hydrogen-bond acceptors (Lipinski definition) is 4. The van der Waals surface area contributed by atoms with Crippen LogP contribution in [0.25, 0.3) is 0 Å². The molecule has 29 heavy (non-hydrogen) atoms. The van der Waals surface area contributed by atoms with Gasteiger partial charge in [-0.15, -0.1) is 11.3 Å². The number of aryl methyl sites for hydroxylation is 1. The molecule has 1 aromatic carbocycles. The molecule has 1 aliphatic heterocycles. The fourth-order valence-electron chi connectivity index (χ4n) is 3.47. The van der Waals surface area contributed by atoms with Crippen molar-refractivity contribution in [3.05, 3.63) is 51.7 Å². The number of piperazine rings is 1. The summed E-state index contributed by atoms with van der Waals surface area (Å²) in [4.78, 5) is 29.8. The van der Waals surface area contributed by atoms with E-state index in [1.54, 1.807) is 16.2 Å². The van der Waals surface area contributed by atoms with E-state index in [0.29, 0.717) is 32.6 Å². The van der Waals surface area contributed by atoms with E-state index >= 15 is 0 Å². The van der Waals surface area contributed by atoms with Crippen molar-refractivity contribution in [1.82, 2.24) is 9.80 Å². The molecular formula is C23H30N2O3S. The van der Waals surface area contributed by atoms with Gasteiger partial charge in [0.1, 0.15) is 5.75 Å². The average Bonchev–Trinajstić information content (AvgIpc) is 3.19. The molecule has 1 aromatic heterocycles. The summed E-state index contributed by atoms with van der Waals surface area (Å²) in [7, 11) is 0. The van der Waals surface area contributed by atoms with Crippen LogP contribution in [0.2, 0.25) is 0 Å². The zero-order valence-electron chi connectivity index (χ0n) is 17.7. The van der Waals surface area contributed by atoms with Crippen LogP contribution in [0.3, 0.4) is 0 Å². The van der Waals surface area contributed by atoms with E-state index in [2.05, 4.69) is 33.8 Å². The number of ether oxygens (including phenoxy) is 1. The lowest BCUT2D eigenvalue weighted by Crippen LogP contribution is -2.52. The van der Waals surface area contributed by atoms with E-state index in [1.165, 1.54) is 5.56 Å². The first-order valence-electron chi connectivity index (χ1n) is 10.1. The molecule has 0 spiro atoms. The molecule has 0 atom stereocenters. The Hall–Kier alpha value is -2.34. The van der Waals surface area contributed by atoms with Crippen molar-refractivity contribution in [2.45, 2.75) is 39.5 Å². The number of amides is 2. The molecule has 0 aliphatic carbocycles. The van der Waals surface area contributed by atoms with Gasteiger partial charge >= 0.3 is 0 Å². The van der Waals surface area contributed by atoms with Crippen molar-refractivity contribution in [2.24, 2.45) is 0 Å². The minimum absolute atomic E-state index is 0.0231. The molecule has 1 aliphatic rings. The third kappa shape index (κ3) is 5.60. The first-order chi connectivity index (χ1) is 13.7. The molecule has 2 heterocycles. The van der Waals surface area contributed by atoms with Crippen LogP contribution < -0.4 is 4.74 Å².